The first-order valence-electron chi connectivity index (χ1n) is 8.77. The number of primary amides is 1. The van der Waals surface area contributed by atoms with Gasteiger partial charge in [-0.15, -0.1) is 0 Å². The lowest BCUT2D eigenvalue weighted by atomic mass is 10.2. The van der Waals surface area contributed by atoms with E-state index in [2.05, 4.69) is 10.3 Å². The van der Waals surface area contributed by atoms with Gasteiger partial charge in [-0.1, -0.05) is 0 Å². The zero-order valence-electron chi connectivity index (χ0n) is 16.3. The number of carbonyl (C=O) groups excluding carboxylic acids is 1. The maximum Gasteiger partial charge on any atom is 0.501 e. The van der Waals surface area contributed by atoms with Crippen LogP contribution in [0.25, 0.3) is 5.69 Å². The van der Waals surface area contributed by atoms with Gasteiger partial charge in [-0.2, -0.15) is 13.2 Å². The van der Waals surface area contributed by atoms with Crippen molar-refractivity contribution in [3.8, 4) is 11.6 Å². The maximum atomic E-state index is 12.9. The molecule has 1 aromatic carbocycles. The number of aromatic nitrogens is 3. The van der Waals surface area contributed by atoms with Crippen LogP contribution in [0.3, 0.4) is 0 Å². The van der Waals surface area contributed by atoms with Crippen molar-refractivity contribution in [1.29, 1.82) is 0 Å². The van der Waals surface area contributed by atoms with Crippen molar-refractivity contribution in [3.05, 3.63) is 64.5 Å². The number of halogens is 3. The maximum absolute atomic E-state index is 12.9. The van der Waals surface area contributed by atoms with Gasteiger partial charge in [-0.05, 0) is 42.8 Å². The highest BCUT2D eigenvalue weighted by molar-refractivity contribution is 7.92. The molecule has 0 fully saturated rings. The Labute approximate surface area is 178 Å². The van der Waals surface area contributed by atoms with E-state index in [-0.39, 0.29) is 23.6 Å². The first-order valence-corrected chi connectivity index (χ1v) is 10.2. The molecule has 14 heteroatoms. The highest BCUT2D eigenvalue weighted by Gasteiger charge is 2.46. The topological polar surface area (TPSA) is 149 Å². The third-order valence-electron chi connectivity index (χ3n) is 4.57. The predicted molar refractivity (Wildman–Crippen MR) is 106 cm³/mol. The number of hydrogen-bond acceptors (Lipinski definition) is 6. The molecular formula is C18H16F3N5O5S. The molecule has 0 saturated carbocycles. The smallest absolute Gasteiger partial charge is 0.493 e. The number of benzene rings is 1. The molecule has 10 nitrogen and oxygen atoms in total. The second-order valence-corrected chi connectivity index (χ2v) is 8.52. The van der Waals surface area contributed by atoms with Crippen molar-refractivity contribution in [2.45, 2.75) is 23.9 Å². The standard InChI is InChI=1S/C18H16F3N5O5S/c1-10-15(27)26(12-2-4-13(5-3-12)32(30,31)18(19,20)21)17(29)25(10)9-11-6-7-23-8-14(11)24-16(22)28/h2-8,27H,9H2,1H3,(H3,22,24,28). The molecule has 0 bridgehead atoms. The number of aromatic hydroxyl groups is 1. The van der Waals surface area contributed by atoms with Crippen molar-refractivity contribution in [2.75, 3.05) is 5.32 Å². The number of alkyl halides is 3. The van der Waals surface area contributed by atoms with Crippen molar-refractivity contribution in [1.82, 2.24) is 14.1 Å². The van der Waals surface area contributed by atoms with E-state index >= 15 is 0 Å². The summed E-state index contributed by atoms with van der Waals surface area (Å²) in [4.78, 5) is 27.0. The number of carbonyl (C=O) groups is 1. The number of anilines is 1. The molecule has 0 radical (unpaired) electrons. The van der Waals surface area contributed by atoms with Gasteiger partial charge in [0.25, 0.3) is 9.84 Å². The number of hydrogen-bond donors (Lipinski definition) is 3. The molecule has 2 amide bonds. The SMILES string of the molecule is Cc1c(O)n(-c2ccc(S(=O)(=O)C(F)(F)F)cc2)c(=O)n1Cc1ccncc1NC(N)=O. The fourth-order valence-electron chi connectivity index (χ4n) is 2.94. The van der Waals surface area contributed by atoms with Gasteiger partial charge in [0.15, 0.2) is 0 Å². The normalized spacial score (nSPS) is 12.0. The van der Waals surface area contributed by atoms with Crippen LogP contribution in [0.1, 0.15) is 11.3 Å². The number of urea groups is 1. The molecule has 170 valence electrons. The molecule has 0 aliphatic heterocycles. The minimum atomic E-state index is -5.56. The molecule has 0 unspecified atom stereocenters. The monoisotopic (exact) mass is 471 g/mol. The van der Waals surface area contributed by atoms with Gasteiger partial charge in [0.05, 0.1) is 34.7 Å². The Balaban J connectivity index is 2.03. The van der Waals surface area contributed by atoms with Crippen LogP contribution in [0.5, 0.6) is 5.88 Å². The van der Waals surface area contributed by atoms with Gasteiger partial charge >= 0.3 is 17.2 Å². The van der Waals surface area contributed by atoms with Crippen LogP contribution in [0.2, 0.25) is 0 Å². The summed E-state index contributed by atoms with van der Waals surface area (Å²) in [5, 5.41) is 12.8. The molecule has 3 rings (SSSR count). The number of sulfone groups is 1. The van der Waals surface area contributed by atoms with Gasteiger partial charge in [0, 0.05) is 6.20 Å². The Morgan fingerprint density at radius 1 is 1.22 bits per heavy atom. The average Bonchev–Trinajstić information content (AvgIpc) is 2.91. The quantitative estimate of drug-likeness (QED) is 0.517. The number of amides is 2. The first kappa shape index (κ1) is 22.9. The average molecular weight is 471 g/mol. The van der Waals surface area contributed by atoms with E-state index < -0.39 is 37.8 Å². The summed E-state index contributed by atoms with van der Waals surface area (Å²) in [5.41, 5.74) is -0.383. The third-order valence-corrected chi connectivity index (χ3v) is 6.07. The van der Waals surface area contributed by atoms with Gasteiger partial charge < -0.3 is 16.2 Å². The summed E-state index contributed by atoms with van der Waals surface area (Å²) in [7, 11) is -5.56. The van der Waals surface area contributed by atoms with Crippen molar-refractivity contribution in [3.63, 3.8) is 0 Å². The van der Waals surface area contributed by atoms with Crippen LogP contribution in [-0.2, 0) is 16.4 Å². The van der Waals surface area contributed by atoms with E-state index in [1.54, 1.807) is 0 Å². The minimum absolute atomic E-state index is 0.0549. The molecule has 0 aliphatic rings. The van der Waals surface area contributed by atoms with Crippen LogP contribution < -0.4 is 16.7 Å². The minimum Gasteiger partial charge on any atom is -0.493 e. The lowest BCUT2D eigenvalue weighted by Gasteiger charge is -2.10. The second-order valence-electron chi connectivity index (χ2n) is 6.58. The third kappa shape index (κ3) is 4.03. The lowest BCUT2D eigenvalue weighted by Crippen LogP contribution is -2.26. The Hall–Kier alpha value is -3.81. The van der Waals surface area contributed by atoms with E-state index in [4.69, 9.17) is 5.73 Å². The van der Waals surface area contributed by atoms with Crippen molar-refractivity contribution >= 4 is 21.6 Å². The van der Waals surface area contributed by atoms with Gasteiger partial charge in [0.1, 0.15) is 0 Å². The lowest BCUT2D eigenvalue weighted by molar-refractivity contribution is -0.0436. The zero-order valence-corrected chi connectivity index (χ0v) is 17.1. The first-order chi connectivity index (χ1) is 14.8. The highest BCUT2D eigenvalue weighted by atomic mass is 32.2. The molecule has 0 spiro atoms. The van der Waals surface area contributed by atoms with Crippen molar-refractivity contribution < 1.29 is 31.5 Å². The molecule has 2 aromatic heterocycles. The number of nitrogens with two attached hydrogens (primary N) is 1. The van der Waals surface area contributed by atoms with E-state index in [0.717, 1.165) is 21.3 Å². The van der Waals surface area contributed by atoms with E-state index in [1.165, 1.54) is 25.4 Å². The van der Waals surface area contributed by atoms with Crippen LogP contribution in [0, 0.1) is 6.92 Å². The summed E-state index contributed by atoms with van der Waals surface area (Å²) in [6, 6.07) is 3.98. The summed E-state index contributed by atoms with van der Waals surface area (Å²) in [5.74, 6) is -0.500. The fourth-order valence-corrected chi connectivity index (χ4v) is 3.70. The number of rotatable bonds is 5. The van der Waals surface area contributed by atoms with Crippen LogP contribution >= 0.6 is 0 Å². The summed E-state index contributed by atoms with van der Waals surface area (Å²) in [6.07, 6.45) is 2.73. The fraction of sp³-hybridized carbons (Fsp3) is 0.167. The molecule has 2 heterocycles. The van der Waals surface area contributed by atoms with Crippen LogP contribution in [0.4, 0.5) is 23.7 Å². The van der Waals surface area contributed by atoms with Crippen LogP contribution in [-0.4, -0.2) is 39.2 Å². The van der Waals surface area contributed by atoms with E-state index in [1.807, 2.05) is 0 Å². The van der Waals surface area contributed by atoms with Crippen molar-refractivity contribution in [2.24, 2.45) is 5.73 Å². The summed E-state index contributed by atoms with van der Waals surface area (Å²) in [6.45, 7) is 1.32. The molecule has 0 saturated heterocycles. The largest absolute Gasteiger partial charge is 0.501 e. The number of nitrogens with one attached hydrogen (secondary N) is 1. The molecule has 0 aliphatic carbocycles. The van der Waals surface area contributed by atoms with Crippen LogP contribution in [0.15, 0.2) is 52.4 Å². The zero-order chi connectivity index (χ0) is 23.8. The van der Waals surface area contributed by atoms with Gasteiger partial charge in [-0.3, -0.25) is 9.55 Å². The summed E-state index contributed by atoms with van der Waals surface area (Å²) < 4.78 is 63.1. The second kappa shape index (κ2) is 8.03. The van der Waals surface area contributed by atoms with Gasteiger partial charge in [-0.25, -0.2) is 22.6 Å². The Bertz CT molecular complexity index is 1340. The van der Waals surface area contributed by atoms with E-state index in [0.29, 0.717) is 17.7 Å². The highest BCUT2D eigenvalue weighted by Crippen LogP contribution is 2.31. The predicted octanol–water partition coefficient (Wildman–Crippen LogP) is 1.88. The molecule has 0 atom stereocenters. The molecule has 4 N–H and O–H groups in total. The molecule has 32 heavy (non-hydrogen) atoms. The number of imidazole rings is 1. The Morgan fingerprint density at radius 2 is 1.84 bits per heavy atom. The Kier molecular flexibility index (Phi) is 5.74. The Morgan fingerprint density at radius 3 is 2.41 bits per heavy atom. The molecular weight excluding hydrogens is 455 g/mol. The van der Waals surface area contributed by atoms with E-state index in [9.17, 15) is 36.3 Å². The summed E-state index contributed by atoms with van der Waals surface area (Å²) >= 11 is 0. The number of pyridine rings is 1. The molecule has 3 aromatic rings. The number of nitrogens with zero attached hydrogens (tertiary/aromatic N) is 3. The van der Waals surface area contributed by atoms with Gasteiger partial charge in [0.2, 0.25) is 5.88 Å².